The molecule has 1 aromatic carbocycles. The molecule has 1 aliphatic carbocycles. The lowest BCUT2D eigenvalue weighted by Crippen LogP contribution is -2.47. The molecular formula is C25H30FN3O2. The van der Waals surface area contributed by atoms with E-state index >= 15 is 0 Å². The van der Waals surface area contributed by atoms with Crippen molar-refractivity contribution in [3.05, 3.63) is 65.2 Å². The number of halogens is 1. The molecule has 1 atom stereocenters. The number of hydrogen-bond donors (Lipinski definition) is 1. The number of carbonyl (C=O) groups excluding carboxylic acids is 2. The van der Waals surface area contributed by atoms with Crippen LogP contribution < -0.4 is 5.32 Å². The van der Waals surface area contributed by atoms with Gasteiger partial charge in [0.2, 0.25) is 5.91 Å². The number of likely N-dealkylation sites (tertiary alicyclic amines) is 1. The van der Waals surface area contributed by atoms with Gasteiger partial charge in [-0.25, -0.2) is 4.39 Å². The van der Waals surface area contributed by atoms with Crippen molar-refractivity contribution >= 4 is 11.8 Å². The molecule has 1 saturated heterocycles. The zero-order chi connectivity index (χ0) is 22.0. The van der Waals surface area contributed by atoms with Crippen LogP contribution >= 0.6 is 0 Å². The second-order valence-electron chi connectivity index (χ2n) is 9.35. The maximum absolute atomic E-state index is 13.3. The molecule has 2 fully saturated rings. The van der Waals surface area contributed by atoms with Crippen LogP contribution in [0.15, 0.2) is 42.6 Å². The van der Waals surface area contributed by atoms with Gasteiger partial charge in [-0.1, -0.05) is 12.1 Å². The molecule has 0 radical (unpaired) electrons. The zero-order valence-electron chi connectivity index (χ0n) is 18.2. The van der Waals surface area contributed by atoms with E-state index in [0.29, 0.717) is 24.6 Å². The lowest BCUT2D eigenvalue weighted by molar-refractivity contribution is -0.137. The normalized spacial score (nSPS) is 19.2. The molecule has 0 spiro atoms. The van der Waals surface area contributed by atoms with E-state index in [2.05, 4.69) is 10.3 Å². The van der Waals surface area contributed by atoms with Crippen LogP contribution in [-0.4, -0.2) is 41.3 Å². The van der Waals surface area contributed by atoms with Crippen molar-refractivity contribution in [2.24, 2.45) is 5.92 Å². The van der Waals surface area contributed by atoms with Gasteiger partial charge in [-0.05, 0) is 75.3 Å². The molecule has 1 aromatic heterocycles. The van der Waals surface area contributed by atoms with Crippen LogP contribution in [0.25, 0.3) is 0 Å². The Balaban J connectivity index is 1.41. The number of nitrogens with zero attached hydrogens (tertiary/aromatic N) is 2. The number of pyridine rings is 1. The summed E-state index contributed by atoms with van der Waals surface area (Å²) in [6, 6.07) is 9.90. The van der Waals surface area contributed by atoms with Crippen LogP contribution in [0.1, 0.15) is 67.1 Å². The minimum Gasteiger partial charge on any atom is -0.352 e. The van der Waals surface area contributed by atoms with E-state index in [1.54, 1.807) is 18.3 Å². The SMILES string of the molecule is CC(C)(C(=O)N1CCC[C@H](c2ccc(C(=O)NCC3CC3)cn2)C1)c1ccc(F)cc1. The molecule has 31 heavy (non-hydrogen) atoms. The Kier molecular flexibility index (Phi) is 6.08. The molecule has 2 heterocycles. The van der Waals surface area contributed by atoms with E-state index in [1.165, 1.54) is 25.0 Å². The molecule has 5 nitrogen and oxygen atoms in total. The Bertz CT molecular complexity index is 936. The number of amides is 2. The number of piperidine rings is 1. The van der Waals surface area contributed by atoms with Crippen molar-refractivity contribution in [1.29, 1.82) is 0 Å². The van der Waals surface area contributed by atoms with Crippen molar-refractivity contribution in [3.63, 3.8) is 0 Å². The van der Waals surface area contributed by atoms with Crippen molar-refractivity contribution in [2.45, 2.75) is 50.9 Å². The van der Waals surface area contributed by atoms with Crippen LogP contribution in [0.3, 0.4) is 0 Å². The summed E-state index contributed by atoms with van der Waals surface area (Å²) >= 11 is 0. The Labute approximate surface area is 183 Å². The molecule has 2 aliphatic rings. The van der Waals surface area contributed by atoms with Crippen molar-refractivity contribution in [1.82, 2.24) is 15.2 Å². The van der Waals surface area contributed by atoms with Crippen molar-refractivity contribution in [2.75, 3.05) is 19.6 Å². The smallest absolute Gasteiger partial charge is 0.252 e. The van der Waals surface area contributed by atoms with Gasteiger partial charge in [0.1, 0.15) is 5.82 Å². The second kappa shape index (κ2) is 8.77. The van der Waals surface area contributed by atoms with Crippen LogP contribution in [0.2, 0.25) is 0 Å². The first-order valence-corrected chi connectivity index (χ1v) is 11.1. The highest BCUT2D eigenvalue weighted by Gasteiger charge is 2.36. The number of hydrogen-bond acceptors (Lipinski definition) is 3. The van der Waals surface area contributed by atoms with Crippen molar-refractivity contribution < 1.29 is 14.0 Å². The van der Waals surface area contributed by atoms with Crippen LogP contribution in [0, 0.1) is 11.7 Å². The highest BCUT2D eigenvalue weighted by Crippen LogP contribution is 2.31. The maximum Gasteiger partial charge on any atom is 0.252 e. The fraction of sp³-hybridized carbons (Fsp3) is 0.480. The van der Waals surface area contributed by atoms with E-state index in [4.69, 9.17) is 0 Å². The third kappa shape index (κ3) is 4.94. The summed E-state index contributed by atoms with van der Waals surface area (Å²) in [5.74, 6) is 0.444. The quantitative estimate of drug-likeness (QED) is 0.763. The van der Waals surface area contributed by atoms with Gasteiger partial charge in [-0.15, -0.1) is 0 Å². The molecule has 1 N–H and O–H groups in total. The van der Waals surface area contributed by atoms with E-state index in [1.807, 2.05) is 30.9 Å². The minimum atomic E-state index is -0.730. The Hall–Kier alpha value is -2.76. The Morgan fingerprint density at radius 2 is 1.87 bits per heavy atom. The lowest BCUT2D eigenvalue weighted by atomic mass is 9.82. The van der Waals surface area contributed by atoms with Gasteiger partial charge in [0.05, 0.1) is 11.0 Å². The van der Waals surface area contributed by atoms with E-state index in [9.17, 15) is 14.0 Å². The summed E-state index contributed by atoms with van der Waals surface area (Å²) in [6.07, 6.45) is 5.90. The summed E-state index contributed by atoms with van der Waals surface area (Å²) in [4.78, 5) is 32.0. The largest absolute Gasteiger partial charge is 0.352 e. The van der Waals surface area contributed by atoms with Crippen LogP contribution in [0.4, 0.5) is 4.39 Å². The van der Waals surface area contributed by atoms with Gasteiger partial charge in [0.25, 0.3) is 5.91 Å². The molecule has 164 valence electrons. The van der Waals surface area contributed by atoms with Gasteiger partial charge in [0.15, 0.2) is 0 Å². The first kappa shape index (κ1) is 21.5. The van der Waals surface area contributed by atoms with Crippen molar-refractivity contribution in [3.8, 4) is 0 Å². The predicted molar refractivity (Wildman–Crippen MR) is 117 cm³/mol. The van der Waals surface area contributed by atoms with Gasteiger partial charge in [0, 0.05) is 37.4 Å². The lowest BCUT2D eigenvalue weighted by Gasteiger charge is -2.37. The predicted octanol–water partition coefficient (Wildman–Crippen LogP) is 4.04. The topological polar surface area (TPSA) is 62.3 Å². The molecule has 0 bridgehead atoms. The van der Waals surface area contributed by atoms with Crippen LogP contribution in [-0.2, 0) is 10.2 Å². The minimum absolute atomic E-state index is 0.0416. The number of benzene rings is 1. The fourth-order valence-electron chi connectivity index (χ4n) is 4.23. The molecule has 0 unspecified atom stereocenters. The fourth-order valence-corrected chi connectivity index (χ4v) is 4.23. The molecule has 2 aromatic rings. The highest BCUT2D eigenvalue weighted by atomic mass is 19.1. The number of nitrogens with one attached hydrogen (secondary N) is 1. The van der Waals surface area contributed by atoms with Gasteiger partial charge in [-0.3, -0.25) is 14.6 Å². The first-order valence-electron chi connectivity index (χ1n) is 11.1. The Morgan fingerprint density at radius 3 is 2.52 bits per heavy atom. The molecule has 2 amide bonds. The standard InChI is InChI=1S/C25H30FN3O2/c1-25(2,20-8-10-21(26)11-9-20)24(31)29-13-3-4-19(16-29)22-12-7-18(15-27-22)23(30)28-14-17-5-6-17/h7-12,15,17,19H,3-6,13-14,16H2,1-2H3,(H,28,30)/t19-/m0/s1. The van der Waals surface area contributed by atoms with E-state index in [-0.39, 0.29) is 23.5 Å². The molecule has 4 rings (SSSR count). The van der Waals surface area contributed by atoms with E-state index in [0.717, 1.165) is 30.6 Å². The average molecular weight is 424 g/mol. The third-order valence-electron chi connectivity index (χ3n) is 6.52. The first-order chi connectivity index (χ1) is 14.8. The Morgan fingerprint density at radius 1 is 1.13 bits per heavy atom. The number of rotatable bonds is 6. The zero-order valence-corrected chi connectivity index (χ0v) is 18.2. The van der Waals surface area contributed by atoms with Crippen LogP contribution in [0.5, 0.6) is 0 Å². The monoisotopic (exact) mass is 423 g/mol. The third-order valence-corrected chi connectivity index (χ3v) is 6.52. The van der Waals surface area contributed by atoms with Gasteiger partial charge < -0.3 is 10.2 Å². The molecule has 1 aliphatic heterocycles. The maximum atomic E-state index is 13.3. The summed E-state index contributed by atoms with van der Waals surface area (Å²) in [7, 11) is 0. The van der Waals surface area contributed by atoms with Gasteiger partial charge in [-0.2, -0.15) is 0 Å². The summed E-state index contributed by atoms with van der Waals surface area (Å²) < 4.78 is 13.3. The summed E-state index contributed by atoms with van der Waals surface area (Å²) in [6.45, 7) is 5.83. The molecular weight excluding hydrogens is 393 g/mol. The number of carbonyl (C=O) groups is 2. The average Bonchev–Trinajstić information content (AvgIpc) is 3.62. The number of aromatic nitrogens is 1. The van der Waals surface area contributed by atoms with E-state index < -0.39 is 5.41 Å². The summed E-state index contributed by atoms with van der Waals surface area (Å²) in [5, 5.41) is 2.96. The molecule has 1 saturated carbocycles. The molecule has 6 heteroatoms. The second-order valence-corrected chi connectivity index (χ2v) is 9.35. The summed E-state index contributed by atoms with van der Waals surface area (Å²) in [5.41, 5.74) is 1.56. The van der Waals surface area contributed by atoms with Gasteiger partial charge >= 0.3 is 0 Å². The highest BCUT2D eigenvalue weighted by molar-refractivity contribution is 5.93.